The molecule has 0 aromatic heterocycles. The lowest BCUT2D eigenvalue weighted by Crippen LogP contribution is -2.58. The van der Waals surface area contributed by atoms with Gasteiger partial charge in [0.25, 0.3) is 0 Å². The van der Waals surface area contributed by atoms with Crippen molar-refractivity contribution in [2.75, 3.05) is 39.5 Å². The number of carbonyl (C=O) groups excluding carboxylic acids is 1. The zero-order valence-corrected chi connectivity index (χ0v) is 13.7. The van der Waals surface area contributed by atoms with Crippen molar-refractivity contribution in [1.29, 1.82) is 0 Å². The van der Waals surface area contributed by atoms with Crippen molar-refractivity contribution >= 4 is 11.9 Å². The van der Waals surface area contributed by atoms with E-state index in [0.29, 0.717) is 32.8 Å². The Labute approximate surface area is 131 Å². The van der Waals surface area contributed by atoms with Crippen LogP contribution >= 0.6 is 0 Å². The third-order valence-corrected chi connectivity index (χ3v) is 3.83. The lowest BCUT2D eigenvalue weighted by Gasteiger charge is -2.39. The molecule has 2 aliphatic rings. The summed E-state index contributed by atoms with van der Waals surface area (Å²) >= 11 is 0. The molecule has 2 N–H and O–H groups in total. The third kappa shape index (κ3) is 4.58. The van der Waals surface area contributed by atoms with E-state index in [0.717, 1.165) is 18.7 Å². The van der Waals surface area contributed by atoms with Crippen LogP contribution in [0.25, 0.3) is 0 Å². The van der Waals surface area contributed by atoms with Crippen LogP contribution < -0.4 is 5.32 Å². The Bertz CT molecular complexity index is 425. The predicted molar refractivity (Wildman–Crippen MR) is 83.1 cm³/mol. The summed E-state index contributed by atoms with van der Waals surface area (Å²) < 4.78 is 10.8. The van der Waals surface area contributed by atoms with Gasteiger partial charge in [0, 0.05) is 19.8 Å². The summed E-state index contributed by atoms with van der Waals surface area (Å²) in [5.74, 6) is 0.730. The number of rotatable bonds is 2. The van der Waals surface area contributed by atoms with E-state index >= 15 is 0 Å². The smallest absolute Gasteiger partial charge is 0.410 e. The Hall–Kier alpha value is -1.34. The number of nitrogens with one attached hydrogen (secondary N) is 1. The fourth-order valence-corrected chi connectivity index (χ4v) is 2.57. The van der Waals surface area contributed by atoms with Gasteiger partial charge in [-0.05, 0) is 33.6 Å². The van der Waals surface area contributed by atoms with Gasteiger partial charge in [0.05, 0.1) is 25.2 Å². The van der Waals surface area contributed by atoms with E-state index in [1.807, 2.05) is 20.8 Å². The van der Waals surface area contributed by atoms with E-state index < -0.39 is 11.1 Å². The summed E-state index contributed by atoms with van der Waals surface area (Å²) in [5.41, 5.74) is -0.902. The molecular weight excluding hydrogens is 286 g/mol. The number of nitrogens with zero attached hydrogens (tertiary/aromatic N) is 2. The molecule has 0 saturated carbocycles. The highest BCUT2D eigenvalue weighted by Crippen LogP contribution is 2.20. The zero-order chi connectivity index (χ0) is 16.2. The second kappa shape index (κ2) is 6.83. The van der Waals surface area contributed by atoms with Crippen molar-refractivity contribution in [2.45, 2.75) is 44.8 Å². The van der Waals surface area contributed by atoms with E-state index in [-0.39, 0.29) is 12.7 Å². The molecule has 1 saturated heterocycles. The summed E-state index contributed by atoms with van der Waals surface area (Å²) in [7, 11) is 0. The minimum absolute atomic E-state index is 0.0296. The van der Waals surface area contributed by atoms with E-state index in [1.54, 1.807) is 4.90 Å². The molecule has 7 nitrogen and oxygen atoms in total. The van der Waals surface area contributed by atoms with Crippen LogP contribution in [0.15, 0.2) is 4.99 Å². The van der Waals surface area contributed by atoms with E-state index in [9.17, 15) is 9.90 Å². The second-order valence-corrected chi connectivity index (χ2v) is 6.91. The molecular formula is C15H27N3O4. The molecule has 2 rings (SSSR count). The minimum Gasteiger partial charge on any atom is -0.444 e. The van der Waals surface area contributed by atoms with Crippen LogP contribution in [0.2, 0.25) is 0 Å². The Balaban J connectivity index is 1.95. The molecule has 0 spiro atoms. The molecule has 0 aromatic carbocycles. The van der Waals surface area contributed by atoms with Gasteiger partial charge in [-0.25, -0.2) is 4.79 Å². The summed E-state index contributed by atoms with van der Waals surface area (Å²) in [4.78, 5) is 18.2. The number of aliphatic imine (C=N–C) groups is 1. The Kier molecular flexibility index (Phi) is 5.28. The average molecular weight is 313 g/mol. The Morgan fingerprint density at radius 3 is 2.73 bits per heavy atom. The van der Waals surface area contributed by atoms with Crippen molar-refractivity contribution in [2.24, 2.45) is 4.99 Å². The third-order valence-electron chi connectivity index (χ3n) is 3.83. The van der Waals surface area contributed by atoms with Gasteiger partial charge in [-0.2, -0.15) is 0 Å². The fourth-order valence-electron chi connectivity index (χ4n) is 2.57. The highest BCUT2D eigenvalue weighted by atomic mass is 16.6. The lowest BCUT2D eigenvalue weighted by molar-refractivity contribution is 0.0180. The van der Waals surface area contributed by atoms with Gasteiger partial charge in [0.1, 0.15) is 11.4 Å². The van der Waals surface area contributed by atoms with Gasteiger partial charge >= 0.3 is 6.09 Å². The molecule has 0 radical (unpaired) electrons. The molecule has 0 unspecified atom stereocenters. The van der Waals surface area contributed by atoms with Crippen molar-refractivity contribution < 1.29 is 19.4 Å². The maximum Gasteiger partial charge on any atom is 0.410 e. The molecule has 126 valence electrons. The quantitative estimate of drug-likeness (QED) is 0.786. The average Bonchev–Trinajstić information content (AvgIpc) is 2.47. The summed E-state index contributed by atoms with van der Waals surface area (Å²) in [6.07, 6.45) is 1.14. The first kappa shape index (κ1) is 17.0. The van der Waals surface area contributed by atoms with Crippen molar-refractivity contribution in [3.8, 4) is 0 Å². The molecule has 1 amide bonds. The standard InChI is InChI=1S/C15H27N3O4/c1-14(2,3)22-13(20)18-7-6-16-12(10-18)17-15(11-19)4-8-21-9-5-15/h19H,4-11H2,1-3H3,(H,16,17). The highest BCUT2D eigenvalue weighted by molar-refractivity contribution is 5.88. The molecule has 7 heteroatoms. The molecule has 22 heavy (non-hydrogen) atoms. The molecule has 0 atom stereocenters. The second-order valence-electron chi connectivity index (χ2n) is 6.91. The maximum absolute atomic E-state index is 12.2. The molecule has 2 heterocycles. The molecule has 2 aliphatic heterocycles. The monoisotopic (exact) mass is 313 g/mol. The van der Waals surface area contributed by atoms with E-state index in [1.165, 1.54) is 0 Å². The largest absolute Gasteiger partial charge is 0.444 e. The predicted octanol–water partition coefficient (Wildman–Crippen LogP) is 0.767. The number of ether oxygens (including phenoxy) is 2. The van der Waals surface area contributed by atoms with Gasteiger partial charge in [0.2, 0.25) is 0 Å². The van der Waals surface area contributed by atoms with Crippen LogP contribution in [0.4, 0.5) is 4.79 Å². The summed E-state index contributed by atoms with van der Waals surface area (Å²) in [5, 5.41) is 13.1. The first-order valence-electron chi connectivity index (χ1n) is 7.82. The SMILES string of the molecule is CC(C)(C)OC(=O)N1CCN=C(NC2(CO)CCOCC2)C1. The van der Waals surface area contributed by atoms with Gasteiger partial charge in [-0.15, -0.1) is 0 Å². The van der Waals surface area contributed by atoms with Crippen LogP contribution in [-0.4, -0.2) is 72.5 Å². The normalized spacial score (nSPS) is 22.0. The minimum atomic E-state index is -0.508. The van der Waals surface area contributed by atoms with Crippen molar-refractivity contribution in [3.05, 3.63) is 0 Å². The molecule has 1 fully saturated rings. The van der Waals surface area contributed by atoms with Gasteiger partial charge in [0.15, 0.2) is 0 Å². The van der Waals surface area contributed by atoms with Gasteiger partial charge in [-0.1, -0.05) is 0 Å². The lowest BCUT2D eigenvalue weighted by atomic mass is 9.91. The highest BCUT2D eigenvalue weighted by Gasteiger charge is 2.34. The summed E-state index contributed by atoms with van der Waals surface area (Å²) in [6.45, 7) is 8.31. The number of hydrogen-bond donors (Lipinski definition) is 2. The van der Waals surface area contributed by atoms with Crippen LogP contribution in [0, 0.1) is 0 Å². The van der Waals surface area contributed by atoms with Crippen LogP contribution in [0.1, 0.15) is 33.6 Å². The number of hydrogen-bond acceptors (Lipinski definition) is 6. The topological polar surface area (TPSA) is 83.4 Å². The number of amides is 1. The van der Waals surface area contributed by atoms with Gasteiger partial charge in [-0.3, -0.25) is 9.89 Å². The number of aliphatic hydroxyl groups excluding tert-OH is 1. The number of amidine groups is 1. The number of carbonyl (C=O) groups is 1. The maximum atomic E-state index is 12.2. The van der Waals surface area contributed by atoms with Crippen molar-refractivity contribution in [1.82, 2.24) is 10.2 Å². The molecule has 0 bridgehead atoms. The Morgan fingerprint density at radius 2 is 2.14 bits per heavy atom. The molecule has 0 aromatic rings. The fraction of sp³-hybridized carbons (Fsp3) is 0.867. The van der Waals surface area contributed by atoms with Crippen LogP contribution in [-0.2, 0) is 9.47 Å². The zero-order valence-electron chi connectivity index (χ0n) is 13.7. The number of aliphatic hydroxyl groups is 1. The van der Waals surface area contributed by atoms with Gasteiger partial charge < -0.3 is 19.9 Å². The van der Waals surface area contributed by atoms with E-state index in [4.69, 9.17) is 9.47 Å². The van der Waals surface area contributed by atoms with Crippen LogP contribution in [0.3, 0.4) is 0 Å². The Morgan fingerprint density at radius 1 is 1.45 bits per heavy atom. The van der Waals surface area contributed by atoms with Crippen molar-refractivity contribution in [3.63, 3.8) is 0 Å². The first-order valence-corrected chi connectivity index (χ1v) is 7.82. The van der Waals surface area contributed by atoms with Crippen LogP contribution in [0.5, 0.6) is 0 Å². The van der Waals surface area contributed by atoms with E-state index in [2.05, 4.69) is 10.3 Å². The first-order chi connectivity index (χ1) is 10.3. The summed E-state index contributed by atoms with van der Waals surface area (Å²) in [6, 6.07) is 0. The molecule has 0 aliphatic carbocycles.